The summed E-state index contributed by atoms with van der Waals surface area (Å²) in [5.41, 5.74) is 6.13. The average molecular weight is 331 g/mol. The molecule has 0 saturated heterocycles. The summed E-state index contributed by atoms with van der Waals surface area (Å²) in [5, 5.41) is 14.7. The molecule has 0 aliphatic rings. The van der Waals surface area contributed by atoms with Crippen LogP contribution in [0.4, 0.5) is 0 Å². The lowest BCUT2D eigenvalue weighted by atomic mass is 10.1. The van der Waals surface area contributed by atoms with Crippen LogP contribution in [-0.4, -0.2) is 26.4 Å². The minimum atomic E-state index is 0.590. The quantitative estimate of drug-likeness (QED) is 0.564. The highest BCUT2D eigenvalue weighted by Crippen LogP contribution is 2.32. The number of methoxy groups -OCH3 is 1. The molecule has 0 aliphatic carbocycles. The largest absolute Gasteiger partial charge is 0.496 e. The Balaban J connectivity index is 2.13. The molecule has 0 spiro atoms. The molecule has 3 heterocycles. The monoisotopic (exact) mass is 331 g/mol. The zero-order chi connectivity index (χ0) is 17.7. The van der Waals surface area contributed by atoms with Crippen LogP contribution in [0.25, 0.3) is 27.8 Å². The summed E-state index contributed by atoms with van der Waals surface area (Å²) in [4.78, 5) is 4.77. The van der Waals surface area contributed by atoms with E-state index in [1.165, 1.54) is 0 Å². The third-order valence-corrected chi connectivity index (χ3v) is 4.65. The summed E-state index contributed by atoms with van der Waals surface area (Å²) in [5.74, 6) is 0.809. The maximum absolute atomic E-state index is 9.59. The van der Waals surface area contributed by atoms with E-state index < -0.39 is 0 Å². The van der Waals surface area contributed by atoms with Crippen molar-refractivity contribution in [1.29, 1.82) is 5.26 Å². The van der Waals surface area contributed by atoms with Crippen LogP contribution in [0.3, 0.4) is 0 Å². The Morgan fingerprint density at radius 1 is 1.24 bits per heavy atom. The maximum atomic E-state index is 9.59. The van der Waals surface area contributed by atoms with Gasteiger partial charge in [0.05, 0.1) is 30.1 Å². The van der Waals surface area contributed by atoms with E-state index in [9.17, 15) is 5.26 Å². The molecular formula is C19H17N5O. The number of fused-ring (bicyclic) bond motifs is 2. The van der Waals surface area contributed by atoms with Gasteiger partial charge in [-0.05, 0) is 31.5 Å². The van der Waals surface area contributed by atoms with Gasteiger partial charge in [0.25, 0.3) is 0 Å². The van der Waals surface area contributed by atoms with Crippen LogP contribution >= 0.6 is 0 Å². The molecule has 0 atom stereocenters. The second-order valence-electron chi connectivity index (χ2n) is 6.11. The molecule has 3 aromatic heterocycles. The van der Waals surface area contributed by atoms with Gasteiger partial charge in [-0.1, -0.05) is 6.07 Å². The number of hydrogen-bond acceptors (Lipinski definition) is 4. The summed E-state index contributed by atoms with van der Waals surface area (Å²) in [6.07, 6.45) is 3.59. The number of nitriles is 1. The van der Waals surface area contributed by atoms with Gasteiger partial charge in [0, 0.05) is 24.2 Å². The highest BCUT2D eigenvalue weighted by molar-refractivity contribution is 5.94. The summed E-state index contributed by atoms with van der Waals surface area (Å²) >= 11 is 0. The number of ether oxygens (including phenoxy) is 1. The van der Waals surface area contributed by atoms with E-state index in [0.717, 1.165) is 44.6 Å². The van der Waals surface area contributed by atoms with Crippen molar-refractivity contribution in [2.24, 2.45) is 7.05 Å². The first-order valence-electron chi connectivity index (χ1n) is 7.93. The standard InChI is InChI=1S/C19H17N5O/c1-11-5-6-17(25-4)12(2)18(11)24-10-13(8-20)14-7-16-15(22-19(14)24)9-21-23(16)3/h5-7,9-10H,1-4H3. The van der Waals surface area contributed by atoms with E-state index in [1.54, 1.807) is 18.0 Å². The number of aromatic nitrogens is 4. The van der Waals surface area contributed by atoms with Crippen molar-refractivity contribution in [3.8, 4) is 17.5 Å². The number of rotatable bonds is 2. The number of nitrogens with zero attached hydrogens (tertiary/aromatic N) is 5. The minimum absolute atomic E-state index is 0.590. The number of benzene rings is 1. The predicted molar refractivity (Wildman–Crippen MR) is 96.1 cm³/mol. The predicted octanol–water partition coefficient (Wildman–Crippen LogP) is 3.41. The lowest BCUT2D eigenvalue weighted by Crippen LogP contribution is -2.02. The highest BCUT2D eigenvalue weighted by atomic mass is 16.5. The fourth-order valence-corrected chi connectivity index (χ4v) is 3.37. The molecule has 4 rings (SSSR count). The summed E-state index contributed by atoms with van der Waals surface area (Å²) in [6.45, 7) is 4.06. The van der Waals surface area contributed by atoms with Gasteiger partial charge < -0.3 is 4.74 Å². The lowest BCUT2D eigenvalue weighted by Gasteiger charge is -2.15. The first-order chi connectivity index (χ1) is 12.0. The second-order valence-corrected chi connectivity index (χ2v) is 6.11. The topological polar surface area (TPSA) is 68.7 Å². The van der Waals surface area contributed by atoms with Crippen LogP contribution in [0.15, 0.2) is 30.6 Å². The number of pyridine rings is 1. The van der Waals surface area contributed by atoms with Crippen LogP contribution in [0.2, 0.25) is 0 Å². The van der Waals surface area contributed by atoms with Crippen molar-refractivity contribution in [1.82, 2.24) is 19.3 Å². The Bertz CT molecular complexity index is 1180. The Labute approximate surface area is 144 Å². The van der Waals surface area contributed by atoms with Gasteiger partial charge in [0.15, 0.2) is 0 Å². The second kappa shape index (κ2) is 5.35. The fourth-order valence-electron chi connectivity index (χ4n) is 3.37. The fraction of sp³-hybridized carbons (Fsp3) is 0.211. The van der Waals surface area contributed by atoms with Gasteiger partial charge in [0.1, 0.15) is 23.0 Å². The normalized spacial score (nSPS) is 11.2. The van der Waals surface area contributed by atoms with Crippen LogP contribution in [0.5, 0.6) is 5.75 Å². The smallest absolute Gasteiger partial charge is 0.146 e. The maximum Gasteiger partial charge on any atom is 0.146 e. The van der Waals surface area contributed by atoms with Crippen LogP contribution in [0.1, 0.15) is 16.7 Å². The zero-order valence-electron chi connectivity index (χ0n) is 14.5. The van der Waals surface area contributed by atoms with E-state index in [1.807, 2.05) is 49.9 Å². The van der Waals surface area contributed by atoms with Crippen molar-refractivity contribution in [3.63, 3.8) is 0 Å². The van der Waals surface area contributed by atoms with E-state index in [-0.39, 0.29) is 0 Å². The molecule has 0 N–H and O–H groups in total. The van der Waals surface area contributed by atoms with Gasteiger partial charge in [0.2, 0.25) is 0 Å². The van der Waals surface area contributed by atoms with Crippen molar-refractivity contribution in [2.45, 2.75) is 13.8 Å². The Kier molecular flexibility index (Phi) is 3.25. The number of hydrogen-bond donors (Lipinski definition) is 0. The van der Waals surface area contributed by atoms with E-state index in [0.29, 0.717) is 5.56 Å². The van der Waals surface area contributed by atoms with Gasteiger partial charge in [-0.15, -0.1) is 0 Å². The van der Waals surface area contributed by atoms with Crippen molar-refractivity contribution < 1.29 is 4.74 Å². The highest BCUT2D eigenvalue weighted by Gasteiger charge is 2.18. The molecule has 6 heteroatoms. The molecule has 0 unspecified atom stereocenters. The molecule has 0 fully saturated rings. The molecule has 1 aromatic carbocycles. The average Bonchev–Trinajstić information content (AvgIpc) is 3.14. The summed E-state index contributed by atoms with van der Waals surface area (Å²) in [7, 11) is 3.53. The van der Waals surface area contributed by atoms with E-state index in [4.69, 9.17) is 9.72 Å². The van der Waals surface area contributed by atoms with Crippen molar-refractivity contribution >= 4 is 22.1 Å². The zero-order valence-corrected chi connectivity index (χ0v) is 14.5. The van der Waals surface area contributed by atoms with E-state index in [2.05, 4.69) is 11.2 Å². The molecule has 25 heavy (non-hydrogen) atoms. The Hall–Kier alpha value is -3.33. The molecule has 124 valence electrons. The van der Waals surface area contributed by atoms with Gasteiger partial charge in [-0.25, -0.2) is 4.98 Å². The number of aryl methyl sites for hydroxylation is 2. The van der Waals surface area contributed by atoms with Crippen molar-refractivity contribution in [2.75, 3.05) is 7.11 Å². The van der Waals surface area contributed by atoms with Gasteiger partial charge in [-0.2, -0.15) is 10.4 Å². The molecule has 0 amide bonds. The summed E-state index contributed by atoms with van der Waals surface area (Å²) < 4.78 is 9.21. The molecular weight excluding hydrogens is 314 g/mol. The lowest BCUT2D eigenvalue weighted by molar-refractivity contribution is 0.411. The SMILES string of the molecule is COc1ccc(C)c(-n2cc(C#N)c3cc4c(cnn4C)nc32)c1C. The van der Waals surface area contributed by atoms with Crippen LogP contribution in [0, 0.1) is 25.2 Å². The molecule has 0 aliphatic heterocycles. The molecule has 6 nitrogen and oxygen atoms in total. The van der Waals surface area contributed by atoms with Gasteiger partial charge in [-0.3, -0.25) is 9.25 Å². The Morgan fingerprint density at radius 3 is 2.76 bits per heavy atom. The van der Waals surface area contributed by atoms with Crippen LogP contribution < -0.4 is 4.74 Å². The van der Waals surface area contributed by atoms with Crippen molar-refractivity contribution in [3.05, 3.63) is 47.3 Å². The van der Waals surface area contributed by atoms with Gasteiger partial charge >= 0.3 is 0 Å². The molecule has 4 aromatic rings. The molecule has 0 bridgehead atoms. The third-order valence-electron chi connectivity index (χ3n) is 4.65. The van der Waals surface area contributed by atoms with Crippen LogP contribution in [-0.2, 0) is 7.05 Å². The summed E-state index contributed by atoms with van der Waals surface area (Å²) in [6, 6.07) is 8.23. The third kappa shape index (κ3) is 2.09. The Morgan fingerprint density at radius 2 is 2.04 bits per heavy atom. The first kappa shape index (κ1) is 15.2. The van der Waals surface area contributed by atoms with E-state index >= 15 is 0 Å². The molecule has 0 saturated carbocycles. The molecule has 0 radical (unpaired) electrons. The first-order valence-corrected chi connectivity index (χ1v) is 7.93. The minimum Gasteiger partial charge on any atom is -0.496 e.